The number of ketones is 1. The molecule has 0 bridgehead atoms. The predicted molar refractivity (Wildman–Crippen MR) is 110 cm³/mol. The first-order chi connectivity index (χ1) is 13.7. The second kappa shape index (κ2) is 8.44. The van der Waals surface area contributed by atoms with Gasteiger partial charge in [0.2, 0.25) is 0 Å². The van der Waals surface area contributed by atoms with E-state index in [4.69, 9.17) is 0 Å². The molecule has 29 heavy (non-hydrogen) atoms. The number of amides is 3. The molecular weight excluding hydrogens is 394 g/mol. The Kier molecular flexibility index (Phi) is 5.97. The maximum Gasteiger partial charge on any atom is 0.319 e. The summed E-state index contributed by atoms with van der Waals surface area (Å²) in [5.41, 5.74) is 1.83. The van der Waals surface area contributed by atoms with Crippen molar-refractivity contribution in [1.29, 1.82) is 0 Å². The van der Waals surface area contributed by atoms with E-state index >= 15 is 0 Å². The molecule has 3 amide bonds. The molecule has 8 nitrogen and oxygen atoms in total. The molecule has 1 aliphatic heterocycles. The molecule has 1 atom stereocenters. The Morgan fingerprint density at radius 3 is 2.28 bits per heavy atom. The van der Waals surface area contributed by atoms with Crippen molar-refractivity contribution in [3.63, 3.8) is 0 Å². The number of sulfone groups is 1. The molecule has 1 aliphatic rings. The standard InChI is InChI=1S/C20H21N3O5S/c1-13(24)14-5-7-16(8-6-14)21-19(25)15-3-2-4-17(11-15)22-20(26)23-18-9-10-29(27,28)12-18/h2-8,11,18H,9-10,12H2,1H3,(H,21,25)(H2,22,23,26). The summed E-state index contributed by atoms with van der Waals surface area (Å²) in [5, 5.41) is 7.97. The maximum absolute atomic E-state index is 12.4. The van der Waals surface area contributed by atoms with E-state index in [0.29, 0.717) is 28.9 Å². The summed E-state index contributed by atoms with van der Waals surface area (Å²) in [5.74, 6) is -0.423. The van der Waals surface area contributed by atoms with Crippen molar-refractivity contribution in [3.8, 4) is 0 Å². The molecule has 152 valence electrons. The molecule has 0 aliphatic carbocycles. The number of benzene rings is 2. The fourth-order valence-corrected chi connectivity index (χ4v) is 4.66. The van der Waals surface area contributed by atoms with Gasteiger partial charge in [0.15, 0.2) is 15.6 Å². The van der Waals surface area contributed by atoms with Gasteiger partial charge < -0.3 is 16.0 Å². The molecule has 0 radical (unpaired) electrons. The minimum Gasteiger partial charge on any atom is -0.334 e. The van der Waals surface area contributed by atoms with Crippen LogP contribution in [0.4, 0.5) is 16.2 Å². The van der Waals surface area contributed by atoms with Gasteiger partial charge in [-0.25, -0.2) is 13.2 Å². The number of carbonyl (C=O) groups is 3. The van der Waals surface area contributed by atoms with E-state index in [0.717, 1.165) is 0 Å². The molecule has 3 rings (SSSR count). The van der Waals surface area contributed by atoms with Gasteiger partial charge in [0, 0.05) is 28.5 Å². The number of Topliss-reactive ketones (excluding diaryl/α,β-unsaturated/α-hetero) is 1. The topological polar surface area (TPSA) is 121 Å². The van der Waals surface area contributed by atoms with Gasteiger partial charge in [-0.15, -0.1) is 0 Å². The molecule has 0 aromatic heterocycles. The Morgan fingerprint density at radius 2 is 1.66 bits per heavy atom. The van der Waals surface area contributed by atoms with E-state index in [1.807, 2.05) is 0 Å². The summed E-state index contributed by atoms with van der Waals surface area (Å²) < 4.78 is 22.9. The Hall–Kier alpha value is -3.20. The Morgan fingerprint density at radius 1 is 0.931 bits per heavy atom. The molecule has 2 aromatic rings. The molecule has 1 unspecified atom stereocenters. The van der Waals surface area contributed by atoms with Crippen LogP contribution >= 0.6 is 0 Å². The second-order valence-electron chi connectivity index (χ2n) is 6.87. The molecule has 1 saturated heterocycles. The number of urea groups is 1. The van der Waals surface area contributed by atoms with Crippen molar-refractivity contribution in [3.05, 3.63) is 59.7 Å². The van der Waals surface area contributed by atoms with Crippen LogP contribution in [-0.4, -0.2) is 43.7 Å². The van der Waals surface area contributed by atoms with Crippen molar-refractivity contribution in [2.45, 2.75) is 19.4 Å². The van der Waals surface area contributed by atoms with E-state index < -0.39 is 21.9 Å². The number of rotatable bonds is 5. The second-order valence-corrected chi connectivity index (χ2v) is 9.10. The summed E-state index contributed by atoms with van der Waals surface area (Å²) in [6.45, 7) is 1.47. The average molecular weight is 415 g/mol. The minimum atomic E-state index is -3.08. The monoisotopic (exact) mass is 415 g/mol. The number of carbonyl (C=O) groups excluding carboxylic acids is 3. The van der Waals surface area contributed by atoms with Gasteiger partial charge in [0.05, 0.1) is 11.5 Å². The first-order valence-electron chi connectivity index (χ1n) is 9.02. The molecule has 0 spiro atoms. The van der Waals surface area contributed by atoms with Crippen molar-refractivity contribution < 1.29 is 22.8 Å². The lowest BCUT2D eigenvalue weighted by molar-refractivity contribution is 0.101. The lowest BCUT2D eigenvalue weighted by Gasteiger charge is -2.13. The molecule has 9 heteroatoms. The van der Waals surface area contributed by atoms with E-state index in [1.54, 1.807) is 42.5 Å². The number of hydrogen-bond donors (Lipinski definition) is 3. The van der Waals surface area contributed by atoms with Crippen molar-refractivity contribution in [1.82, 2.24) is 5.32 Å². The first kappa shape index (κ1) is 20.5. The molecule has 1 heterocycles. The average Bonchev–Trinajstić information content (AvgIpc) is 3.00. The van der Waals surface area contributed by atoms with Crippen molar-refractivity contribution in [2.24, 2.45) is 0 Å². The smallest absolute Gasteiger partial charge is 0.319 e. The van der Waals surface area contributed by atoms with E-state index in [9.17, 15) is 22.8 Å². The highest BCUT2D eigenvalue weighted by molar-refractivity contribution is 7.91. The molecule has 1 fully saturated rings. The van der Waals surface area contributed by atoms with Crippen LogP contribution in [0, 0.1) is 0 Å². The quantitative estimate of drug-likeness (QED) is 0.648. The summed E-state index contributed by atoms with van der Waals surface area (Å²) in [4.78, 5) is 35.9. The third kappa shape index (κ3) is 5.64. The summed E-state index contributed by atoms with van der Waals surface area (Å²) in [6.07, 6.45) is 0.390. The summed E-state index contributed by atoms with van der Waals surface area (Å²) >= 11 is 0. The van der Waals surface area contributed by atoms with Crippen molar-refractivity contribution >= 4 is 38.9 Å². The minimum absolute atomic E-state index is 0.0601. The number of nitrogens with one attached hydrogen (secondary N) is 3. The lowest BCUT2D eigenvalue weighted by Crippen LogP contribution is -2.38. The van der Waals surface area contributed by atoms with Gasteiger partial charge in [-0.05, 0) is 55.8 Å². The lowest BCUT2D eigenvalue weighted by atomic mass is 10.1. The van der Waals surface area contributed by atoms with Crippen LogP contribution < -0.4 is 16.0 Å². The van der Waals surface area contributed by atoms with Crippen LogP contribution in [0.3, 0.4) is 0 Å². The Balaban J connectivity index is 1.60. The van der Waals surface area contributed by atoms with Crippen LogP contribution in [0.1, 0.15) is 34.1 Å². The van der Waals surface area contributed by atoms with Gasteiger partial charge in [-0.3, -0.25) is 9.59 Å². The highest BCUT2D eigenvalue weighted by Crippen LogP contribution is 2.16. The summed E-state index contributed by atoms with van der Waals surface area (Å²) in [6, 6.07) is 12.0. The molecule has 3 N–H and O–H groups in total. The SMILES string of the molecule is CC(=O)c1ccc(NC(=O)c2cccc(NC(=O)NC3CCS(=O)(=O)C3)c2)cc1. The third-order valence-corrected chi connectivity index (χ3v) is 6.27. The molecule has 0 saturated carbocycles. The van der Waals surface area contributed by atoms with E-state index in [-0.39, 0.29) is 23.2 Å². The Labute approximate surface area is 168 Å². The largest absolute Gasteiger partial charge is 0.334 e. The highest BCUT2D eigenvalue weighted by Gasteiger charge is 2.28. The van der Waals surface area contributed by atoms with Crippen LogP contribution in [0.25, 0.3) is 0 Å². The fraction of sp³-hybridized carbons (Fsp3) is 0.250. The van der Waals surface area contributed by atoms with Gasteiger partial charge in [-0.2, -0.15) is 0 Å². The van der Waals surface area contributed by atoms with Crippen molar-refractivity contribution in [2.75, 3.05) is 22.1 Å². The zero-order valence-corrected chi connectivity index (χ0v) is 16.6. The number of anilines is 2. The zero-order chi connectivity index (χ0) is 21.0. The van der Waals surface area contributed by atoms with Gasteiger partial charge in [0.1, 0.15) is 0 Å². The number of hydrogen-bond acceptors (Lipinski definition) is 5. The van der Waals surface area contributed by atoms with Gasteiger partial charge >= 0.3 is 6.03 Å². The Bertz CT molecular complexity index is 1050. The van der Waals surface area contributed by atoms with E-state index in [1.165, 1.54) is 13.0 Å². The zero-order valence-electron chi connectivity index (χ0n) is 15.8. The van der Waals surface area contributed by atoms with Crippen LogP contribution in [-0.2, 0) is 9.84 Å². The molecular formula is C20H21N3O5S. The third-order valence-electron chi connectivity index (χ3n) is 4.50. The van der Waals surface area contributed by atoms with Crippen LogP contribution in [0.15, 0.2) is 48.5 Å². The maximum atomic E-state index is 12.4. The van der Waals surface area contributed by atoms with Crippen LogP contribution in [0.2, 0.25) is 0 Å². The normalized spacial score (nSPS) is 17.3. The van der Waals surface area contributed by atoms with E-state index in [2.05, 4.69) is 16.0 Å². The first-order valence-corrected chi connectivity index (χ1v) is 10.8. The highest BCUT2D eigenvalue weighted by atomic mass is 32.2. The van der Waals surface area contributed by atoms with Crippen LogP contribution in [0.5, 0.6) is 0 Å². The fourth-order valence-electron chi connectivity index (χ4n) is 2.99. The molecule has 2 aromatic carbocycles. The van der Waals surface area contributed by atoms with Gasteiger partial charge in [-0.1, -0.05) is 6.07 Å². The van der Waals surface area contributed by atoms with Gasteiger partial charge in [0.25, 0.3) is 5.91 Å². The predicted octanol–water partition coefficient (Wildman–Crippen LogP) is 2.45. The summed E-state index contributed by atoms with van der Waals surface area (Å²) in [7, 11) is -3.08.